The number of phosphoric acid groups is 1. The molecule has 0 aromatic heterocycles. The average Bonchev–Trinajstić information content (AvgIpc) is 3.60. The van der Waals surface area contributed by atoms with Crippen LogP contribution in [0.25, 0.3) is 6.08 Å². The smallest absolute Gasteiger partial charge is 0.404 e. The highest BCUT2D eigenvalue weighted by molar-refractivity contribution is 7.46. The number of nitrogens with zero attached hydrogens (tertiary/aromatic N) is 1. The van der Waals surface area contributed by atoms with Crippen LogP contribution in [0.15, 0.2) is 60.7 Å². The van der Waals surface area contributed by atoms with Crippen LogP contribution in [0.4, 0.5) is 0 Å². The lowest BCUT2D eigenvalue weighted by molar-refractivity contribution is -0.142. The third-order valence-electron chi connectivity index (χ3n) is 7.21. The Kier molecular flexibility index (Phi) is 10.6. The second-order valence-corrected chi connectivity index (χ2v) is 12.3. The third kappa shape index (κ3) is 9.25. The fraction of sp³-hybridized carbons (Fsp3) is 0.433. The average molecular weight is 600 g/mol. The molecule has 1 aliphatic heterocycles. The summed E-state index contributed by atoms with van der Waals surface area (Å²) in [6.45, 7) is 5.57. The van der Waals surface area contributed by atoms with E-state index in [-0.39, 0.29) is 29.4 Å². The van der Waals surface area contributed by atoms with Crippen molar-refractivity contribution in [3.63, 3.8) is 0 Å². The second-order valence-electron chi connectivity index (χ2n) is 11.1. The van der Waals surface area contributed by atoms with Crippen LogP contribution in [0.2, 0.25) is 0 Å². The lowest BCUT2D eigenvalue weighted by Crippen LogP contribution is -2.55. The van der Waals surface area contributed by atoms with Gasteiger partial charge in [-0.05, 0) is 59.9 Å². The Hall–Kier alpha value is -3.50. The zero-order valence-corrected chi connectivity index (χ0v) is 24.6. The van der Waals surface area contributed by atoms with E-state index < -0.39 is 25.8 Å². The van der Waals surface area contributed by atoms with Crippen LogP contribution >= 0.6 is 7.82 Å². The molecule has 1 aliphatic carbocycles. The number of carbonyl (C=O) groups excluding carboxylic acids is 3. The van der Waals surface area contributed by atoms with Gasteiger partial charge in [0.05, 0.1) is 13.2 Å². The molecule has 12 heteroatoms. The summed E-state index contributed by atoms with van der Waals surface area (Å²) in [5.74, 6) is -0.385. The summed E-state index contributed by atoms with van der Waals surface area (Å²) in [5, 5.41) is 5.73. The van der Waals surface area contributed by atoms with Gasteiger partial charge in [0.1, 0.15) is 17.8 Å². The zero-order valence-electron chi connectivity index (χ0n) is 23.7. The van der Waals surface area contributed by atoms with E-state index in [1.165, 1.54) is 36.4 Å². The first-order valence-corrected chi connectivity index (χ1v) is 15.6. The molecule has 2 aromatic carbocycles. The molecule has 1 heterocycles. The molecule has 0 spiro atoms. The molecular formula is C30H38N3O8P. The van der Waals surface area contributed by atoms with Gasteiger partial charge in [-0.2, -0.15) is 0 Å². The number of likely N-dealkylation sites (tertiary alicyclic amines) is 1. The van der Waals surface area contributed by atoms with Crippen molar-refractivity contribution in [3.05, 3.63) is 71.8 Å². The Morgan fingerprint density at radius 3 is 2.48 bits per heavy atom. The molecule has 3 amide bonds. The Bertz CT molecular complexity index is 1310. The van der Waals surface area contributed by atoms with Crippen molar-refractivity contribution in [2.24, 2.45) is 17.8 Å². The lowest BCUT2D eigenvalue weighted by atomic mass is 10.0. The molecule has 2 aliphatic rings. The van der Waals surface area contributed by atoms with Gasteiger partial charge in [-0.3, -0.25) is 24.2 Å². The second kappa shape index (κ2) is 14.1. The molecule has 42 heavy (non-hydrogen) atoms. The number of fused-ring (bicyclic) bond motifs is 1. The van der Waals surface area contributed by atoms with Crippen LogP contribution in [0, 0.1) is 17.8 Å². The van der Waals surface area contributed by atoms with Crippen LogP contribution < -0.4 is 15.2 Å². The summed E-state index contributed by atoms with van der Waals surface area (Å²) >= 11 is 0. The summed E-state index contributed by atoms with van der Waals surface area (Å²) in [6, 6.07) is 14.3. The Morgan fingerprint density at radius 2 is 1.81 bits per heavy atom. The van der Waals surface area contributed by atoms with Crippen LogP contribution in [0.5, 0.6) is 5.75 Å². The molecule has 0 radical (unpaired) electrons. The lowest BCUT2D eigenvalue weighted by Gasteiger charge is -2.31. The van der Waals surface area contributed by atoms with Crippen molar-refractivity contribution in [1.29, 1.82) is 0 Å². The minimum Gasteiger partial charge on any atom is -0.404 e. The normalized spacial score (nSPS) is 20.3. The van der Waals surface area contributed by atoms with Gasteiger partial charge in [-0.1, -0.05) is 56.3 Å². The molecule has 4 N–H and O–H groups in total. The first-order chi connectivity index (χ1) is 20.0. The van der Waals surface area contributed by atoms with Gasteiger partial charge in [0.15, 0.2) is 0 Å². The van der Waals surface area contributed by atoms with E-state index in [1.807, 2.05) is 44.2 Å². The number of hydrogen-bond acceptors (Lipinski definition) is 6. The van der Waals surface area contributed by atoms with E-state index in [0.717, 1.165) is 12.0 Å². The van der Waals surface area contributed by atoms with Crippen molar-refractivity contribution in [2.45, 2.75) is 45.4 Å². The van der Waals surface area contributed by atoms with Gasteiger partial charge in [0.25, 0.3) is 0 Å². The SMILES string of the molecule is CC(C)C[C@H](NC(=O)/C=C/c1ccc(OP(=O)(O)O)cc1)C(=O)N1C[C@H]2C[C@H]2[C@H]1C(=O)NCCOCc1ccccc1. The van der Waals surface area contributed by atoms with E-state index >= 15 is 0 Å². The summed E-state index contributed by atoms with van der Waals surface area (Å²) in [4.78, 5) is 59.0. The molecule has 0 bridgehead atoms. The quantitative estimate of drug-likeness (QED) is 0.147. The van der Waals surface area contributed by atoms with E-state index in [2.05, 4.69) is 15.2 Å². The molecule has 2 fully saturated rings. The van der Waals surface area contributed by atoms with Crippen molar-refractivity contribution in [3.8, 4) is 5.75 Å². The fourth-order valence-corrected chi connectivity index (χ4v) is 5.60. The Morgan fingerprint density at radius 1 is 1.10 bits per heavy atom. The number of benzene rings is 2. The van der Waals surface area contributed by atoms with Gasteiger partial charge < -0.3 is 24.8 Å². The molecule has 1 saturated heterocycles. The van der Waals surface area contributed by atoms with Crippen molar-refractivity contribution < 1.29 is 38.0 Å². The predicted octanol–water partition coefficient (Wildman–Crippen LogP) is 2.88. The number of carbonyl (C=O) groups is 3. The van der Waals surface area contributed by atoms with E-state index in [1.54, 1.807) is 4.90 Å². The third-order valence-corrected chi connectivity index (χ3v) is 7.66. The first kappa shape index (κ1) is 31.4. The molecule has 226 valence electrons. The minimum atomic E-state index is -4.66. The molecule has 11 nitrogen and oxygen atoms in total. The fourth-order valence-electron chi connectivity index (χ4n) is 5.21. The predicted molar refractivity (Wildman–Crippen MR) is 156 cm³/mol. The highest BCUT2D eigenvalue weighted by Crippen LogP contribution is 2.49. The zero-order chi connectivity index (χ0) is 30.3. The van der Waals surface area contributed by atoms with Gasteiger partial charge in [0.2, 0.25) is 17.7 Å². The highest BCUT2D eigenvalue weighted by Gasteiger charge is 2.57. The number of phosphoric ester groups is 1. The van der Waals surface area contributed by atoms with Crippen molar-refractivity contribution >= 4 is 31.6 Å². The topological polar surface area (TPSA) is 154 Å². The van der Waals surface area contributed by atoms with Crippen LogP contribution in [-0.2, 0) is 30.3 Å². The van der Waals surface area contributed by atoms with Crippen LogP contribution in [0.3, 0.4) is 0 Å². The molecule has 1 saturated carbocycles. The maximum Gasteiger partial charge on any atom is 0.524 e. The minimum absolute atomic E-state index is 0.00510. The Balaban J connectivity index is 1.31. The number of hydrogen-bond donors (Lipinski definition) is 4. The van der Waals surface area contributed by atoms with E-state index in [9.17, 15) is 18.9 Å². The van der Waals surface area contributed by atoms with E-state index in [4.69, 9.17) is 14.5 Å². The summed E-state index contributed by atoms with van der Waals surface area (Å²) in [5.41, 5.74) is 1.65. The molecule has 4 rings (SSSR count). The monoisotopic (exact) mass is 599 g/mol. The molecule has 0 unspecified atom stereocenters. The number of nitrogens with one attached hydrogen (secondary N) is 2. The molecular weight excluding hydrogens is 561 g/mol. The number of amides is 3. The van der Waals surface area contributed by atoms with Crippen molar-refractivity contribution in [1.82, 2.24) is 15.5 Å². The van der Waals surface area contributed by atoms with E-state index in [0.29, 0.717) is 44.2 Å². The first-order valence-electron chi connectivity index (χ1n) is 14.0. The summed E-state index contributed by atoms with van der Waals surface area (Å²) in [6.07, 6.45) is 4.14. The number of ether oxygens (including phenoxy) is 1. The van der Waals surface area contributed by atoms with Crippen LogP contribution in [0.1, 0.15) is 37.8 Å². The molecule has 2 aromatic rings. The van der Waals surface area contributed by atoms with Crippen LogP contribution in [-0.4, -0.2) is 64.2 Å². The van der Waals surface area contributed by atoms with Gasteiger partial charge in [-0.15, -0.1) is 0 Å². The maximum absolute atomic E-state index is 13.7. The van der Waals surface area contributed by atoms with Gasteiger partial charge in [0, 0.05) is 19.2 Å². The van der Waals surface area contributed by atoms with Gasteiger partial charge in [-0.25, -0.2) is 4.57 Å². The van der Waals surface area contributed by atoms with Crippen molar-refractivity contribution in [2.75, 3.05) is 19.7 Å². The number of piperidine rings is 1. The van der Waals surface area contributed by atoms with Gasteiger partial charge >= 0.3 is 7.82 Å². The highest BCUT2D eigenvalue weighted by atomic mass is 31.2. The number of rotatable bonds is 14. The maximum atomic E-state index is 13.7. The standard InChI is InChI=1S/C30H38N3O8P/c1-20(2)16-26(32-27(34)13-10-21-8-11-24(12-9-21)41-42(37,38)39)30(36)33-18-23-17-25(23)28(33)29(35)31-14-15-40-19-22-6-4-3-5-7-22/h3-13,20,23,25-26,28H,14-19H2,1-2H3,(H,31,35)(H,32,34)(H2,37,38,39)/b13-10+/t23-,25-,26+,28+/m1/s1. The Labute approximate surface area is 245 Å². The summed E-state index contributed by atoms with van der Waals surface area (Å²) in [7, 11) is -4.66. The summed E-state index contributed by atoms with van der Waals surface area (Å²) < 4.78 is 21.2. The molecule has 4 atom stereocenters. The largest absolute Gasteiger partial charge is 0.524 e.